The lowest BCUT2D eigenvalue weighted by molar-refractivity contribution is 0.118. The largest absolute Gasteiger partial charge is 0.485 e. The third-order valence-electron chi connectivity index (χ3n) is 3.80. The van der Waals surface area contributed by atoms with E-state index in [1.807, 2.05) is 36.4 Å². The third kappa shape index (κ3) is 2.25. The Morgan fingerprint density at radius 2 is 1.90 bits per heavy atom. The molecular weight excluding hydrogens is 270 g/mol. The molecule has 0 fully saturated rings. The number of hydrogen-bond donors (Lipinski definition) is 1. The lowest BCUT2D eigenvalue weighted by atomic mass is 9.94. The van der Waals surface area contributed by atoms with Crippen molar-refractivity contribution in [3.8, 4) is 5.75 Å². The quantitative estimate of drug-likeness (QED) is 0.842. The first kappa shape index (κ1) is 13.3. The number of ether oxygens (including phenoxy) is 1. The van der Waals surface area contributed by atoms with Crippen LogP contribution in [0.25, 0.3) is 0 Å². The minimum absolute atomic E-state index is 0.107. The monoisotopic (exact) mass is 287 g/mol. The maximum atomic E-state index is 6.10. The van der Waals surface area contributed by atoms with Crippen LogP contribution in [-0.4, -0.2) is 5.60 Å². The Labute approximate surface area is 124 Å². The molecule has 2 aromatic rings. The first-order chi connectivity index (χ1) is 9.47. The van der Waals surface area contributed by atoms with Crippen LogP contribution in [0.5, 0.6) is 5.75 Å². The van der Waals surface area contributed by atoms with Gasteiger partial charge in [0.2, 0.25) is 0 Å². The number of benzene rings is 2. The van der Waals surface area contributed by atoms with Crippen LogP contribution < -0.4 is 10.1 Å². The molecule has 20 heavy (non-hydrogen) atoms. The Kier molecular flexibility index (Phi) is 3.14. The number of fused-ring (bicyclic) bond motifs is 1. The van der Waals surface area contributed by atoms with E-state index in [2.05, 4.69) is 32.2 Å². The number of hydrogen-bond acceptors (Lipinski definition) is 2. The molecule has 0 spiro atoms. The highest BCUT2D eigenvalue weighted by atomic mass is 35.5. The van der Waals surface area contributed by atoms with E-state index in [0.717, 1.165) is 16.5 Å². The summed E-state index contributed by atoms with van der Waals surface area (Å²) in [7, 11) is 0. The second-order valence-electron chi connectivity index (χ2n) is 5.78. The van der Waals surface area contributed by atoms with E-state index in [1.54, 1.807) is 0 Å². The summed E-state index contributed by atoms with van der Waals surface area (Å²) < 4.78 is 6.05. The highest BCUT2D eigenvalue weighted by Crippen LogP contribution is 2.44. The summed E-state index contributed by atoms with van der Waals surface area (Å²) in [4.78, 5) is 0. The molecule has 3 rings (SSSR count). The van der Waals surface area contributed by atoms with Crippen molar-refractivity contribution < 1.29 is 4.74 Å². The smallest absolute Gasteiger partial charge is 0.128 e. The maximum Gasteiger partial charge on any atom is 0.128 e. The summed E-state index contributed by atoms with van der Waals surface area (Å²) in [5, 5.41) is 4.33. The molecule has 3 heteroatoms. The topological polar surface area (TPSA) is 21.3 Å². The molecule has 1 N–H and O–H groups in total. The Bertz CT molecular complexity index is 651. The average molecular weight is 288 g/mol. The van der Waals surface area contributed by atoms with Gasteiger partial charge in [-0.3, -0.25) is 0 Å². The van der Waals surface area contributed by atoms with Crippen LogP contribution in [0.15, 0.2) is 42.5 Å². The van der Waals surface area contributed by atoms with E-state index in [0.29, 0.717) is 0 Å². The van der Waals surface area contributed by atoms with E-state index in [1.165, 1.54) is 11.1 Å². The van der Waals surface area contributed by atoms with Crippen LogP contribution in [0.2, 0.25) is 5.02 Å². The lowest BCUT2D eigenvalue weighted by Gasteiger charge is -2.28. The van der Waals surface area contributed by atoms with E-state index in [4.69, 9.17) is 16.3 Å². The number of nitrogens with one attached hydrogen (secondary N) is 1. The van der Waals surface area contributed by atoms with E-state index >= 15 is 0 Å². The third-order valence-corrected chi connectivity index (χ3v) is 4.03. The molecule has 1 unspecified atom stereocenters. The normalized spacial score (nSPS) is 19.3. The zero-order valence-electron chi connectivity index (χ0n) is 11.9. The van der Waals surface area contributed by atoms with Gasteiger partial charge in [0.1, 0.15) is 11.4 Å². The molecule has 0 radical (unpaired) electrons. The van der Waals surface area contributed by atoms with Crippen molar-refractivity contribution in [2.24, 2.45) is 0 Å². The molecule has 1 aliphatic rings. The molecule has 0 saturated carbocycles. The summed E-state index contributed by atoms with van der Waals surface area (Å²) in [6.07, 6.45) is 0. The van der Waals surface area contributed by atoms with Crippen LogP contribution in [0.4, 0.5) is 5.69 Å². The fraction of sp³-hybridized carbons (Fsp3) is 0.294. The predicted octanol–water partition coefficient (Wildman–Crippen LogP) is 4.97. The average Bonchev–Trinajstić information content (AvgIpc) is 2.65. The van der Waals surface area contributed by atoms with Crippen molar-refractivity contribution >= 4 is 17.3 Å². The number of anilines is 1. The van der Waals surface area contributed by atoms with Gasteiger partial charge in [-0.05, 0) is 44.5 Å². The van der Waals surface area contributed by atoms with Crippen LogP contribution in [0.1, 0.15) is 31.0 Å². The summed E-state index contributed by atoms with van der Waals surface area (Å²) in [6, 6.07) is 14.2. The van der Waals surface area contributed by atoms with E-state index in [-0.39, 0.29) is 11.6 Å². The van der Waals surface area contributed by atoms with Gasteiger partial charge >= 0.3 is 0 Å². The Hall–Kier alpha value is -1.67. The maximum absolute atomic E-state index is 6.10. The molecule has 0 amide bonds. The zero-order chi connectivity index (χ0) is 14.3. The number of para-hydroxylation sites is 1. The fourth-order valence-electron chi connectivity index (χ4n) is 2.69. The summed E-state index contributed by atoms with van der Waals surface area (Å²) in [6.45, 7) is 6.28. The molecule has 0 aromatic heterocycles. The van der Waals surface area contributed by atoms with Gasteiger partial charge in [0.15, 0.2) is 0 Å². The standard InChI is InChI=1S/C17H18ClNO/c1-11-8-9-12(18)10-14(11)19-16-13-6-4-5-7-15(13)20-17(16,2)3/h4-10,16,19H,1-3H3. The highest BCUT2D eigenvalue weighted by molar-refractivity contribution is 6.30. The Morgan fingerprint density at radius 3 is 2.70 bits per heavy atom. The molecular formula is C17H18ClNO. The second-order valence-corrected chi connectivity index (χ2v) is 6.22. The Balaban J connectivity index is 1.99. The molecule has 0 aliphatic carbocycles. The minimum Gasteiger partial charge on any atom is -0.485 e. The molecule has 0 bridgehead atoms. The fourth-order valence-corrected chi connectivity index (χ4v) is 2.86. The van der Waals surface area contributed by atoms with Crippen molar-refractivity contribution in [3.63, 3.8) is 0 Å². The van der Waals surface area contributed by atoms with E-state index < -0.39 is 0 Å². The molecule has 2 nitrogen and oxygen atoms in total. The first-order valence-corrected chi connectivity index (χ1v) is 7.16. The van der Waals surface area contributed by atoms with Crippen LogP contribution >= 0.6 is 11.6 Å². The molecule has 0 saturated heterocycles. The van der Waals surface area contributed by atoms with Gasteiger partial charge in [-0.1, -0.05) is 35.9 Å². The van der Waals surface area contributed by atoms with Crippen molar-refractivity contribution in [2.75, 3.05) is 5.32 Å². The van der Waals surface area contributed by atoms with Gasteiger partial charge in [-0.15, -0.1) is 0 Å². The lowest BCUT2D eigenvalue weighted by Crippen LogP contribution is -2.34. The van der Waals surface area contributed by atoms with Crippen molar-refractivity contribution in [3.05, 3.63) is 58.6 Å². The molecule has 1 aliphatic heterocycles. The first-order valence-electron chi connectivity index (χ1n) is 6.78. The van der Waals surface area contributed by atoms with Gasteiger partial charge in [0, 0.05) is 16.3 Å². The highest BCUT2D eigenvalue weighted by Gasteiger charge is 2.41. The summed E-state index contributed by atoms with van der Waals surface area (Å²) in [5.41, 5.74) is 3.13. The molecule has 104 valence electrons. The van der Waals surface area contributed by atoms with Gasteiger partial charge in [-0.25, -0.2) is 0 Å². The van der Waals surface area contributed by atoms with Gasteiger partial charge < -0.3 is 10.1 Å². The SMILES string of the molecule is Cc1ccc(Cl)cc1NC1c2ccccc2OC1(C)C. The zero-order valence-corrected chi connectivity index (χ0v) is 12.7. The van der Waals surface area contributed by atoms with Crippen molar-refractivity contribution in [2.45, 2.75) is 32.4 Å². The molecule has 2 aromatic carbocycles. The number of aryl methyl sites for hydroxylation is 1. The summed E-state index contributed by atoms with van der Waals surface area (Å²) >= 11 is 6.10. The van der Waals surface area contributed by atoms with Crippen LogP contribution in [0, 0.1) is 6.92 Å². The predicted molar refractivity (Wildman–Crippen MR) is 83.7 cm³/mol. The minimum atomic E-state index is -0.293. The van der Waals surface area contributed by atoms with Crippen LogP contribution in [-0.2, 0) is 0 Å². The molecule has 1 heterocycles. The Morgan fingerprint density at radius 1 is 1.15 bits per heavy atom. The van der Waals surface area contributed by atoms with Gasteiger partial charge in [0.05, 0.1) is 6.04 Å². The van der Waals surface area contributed by atoms with Gasteiger partial charge in [0.25, 0.3) is 0 Å². The molecule has 1 atom stereocenters. The second kappa shape index (κ2) is 4.71. The van der Waals surface area contributed by atoms with Crippen molar-refractivity contribution in [1.82, 2.24) is 0 Å². The number of halogens is 1. The van der Waals surface area contributed by atoms with Crippen molar-refractivity contribution in [1.29, 1.82) is 0 Å². The van der Waals surface area contributed by atoms with E-state index in [9.17, 15) is 0 Å². The summed E-state index contributed by atoms with van der Waals surface area (Å²) in [5.74, 6) is 0.953. The van der Waals surface area contributed by atoms with Gasteiger partial charge in [-0.2, -0.15) is 0 Å². The number of rotatable bonds is 2. The van der Waals surface area contributed by atoms with Crippen LogP contribution in [0.3, 0.4) is 0 Å².